The van der Waals surface area contributed by atoms with Crippen LogP contribution in [-0.4, -0.2) is 57.8 Å². The summed E-state index contributed by atoms with van der Waals surface area (Å²) >= 11 is 0. The fourth-order valence-corrected chi connectivity index (χ4v) is 4.96. The van der Waals surface area contributed by atoms with Crippen molar-refractivity contribution in [3.05, 3.63) is 35.9 Å². The van der Waals surface area contributed by atoms with Gasteiger partial charge in [0, 0.05) is 5.92 Å². The average Bonchev–Trinajstić information content (AvgIpc) is 3.30. The third-order valence-electron chi connectivity index (χ3n) is 6.36. The molecule has 0 spiro atoms. The molecule has 1 heterocycles. The maximum absolute atomic E-state index is 13.0. The molecule has 0 unspecified atom stereocenters. The van der Waals surface area contributed by atoms with E-state index in [0.717, 1.165) is 43.9 Å². The van der Waals surface area contributed by atoms with Gasteiger partial charge in [0.2, 0.25) is 0 Å². The number of allylic oxidation sites excluding steroid dienone is 2. The van der Waals surface area contributed by atoms with Gasteiger partial charge < -0.3 is 19.3 Å². The van der Waals surface area contributed by atoms with E-state index in [2.05, 4.69) is 12.2 Å². The number of amides is 1. The number of para-hydroxylation sites is 1. The number of hydrogen-bond acceptors (Lipinski definition) is 3. The summed E-state index contributed by atoms with van der Waals surface area (Å²) < 4.78 is 10.8. The Morgan fingerprint density at radius 3 is 2.58 bits per heavy atom. The number of rotatable bonds is 5. The van der Waals surface area contributed by atoms with Crippen molar-refractivity contribution in [3.63, 3.8) is 0 Å². The molecule has 3 aliphatic rings. The lowest BCUT2D eigenvalue weighted by Crippen LogP contribution is -3.15. The van der Waals surface area contributed by atoms with Crippen molar-refractivity contribution in [2.75, 3.05) is 46.9 Å². The molecule has 1 aromatic rings. The highest BCUT2D eigenvalue weighted by molar-refractivity contribution is 5.97. The van der Waals surface area contributed by atoms with E-state index in [9.17, 15) is 4.79 Å². The lowest BCUT2D eigenvalue weighted by Gasteiger charge is -2.34. The first kappa shape index (κ1) is 17.4. The minimum absolute atomic E-state index is 0.0441. The van der Waals surface area contributed by atoms with Gasteiger partial charge in [-0.3, -0.25) is 4.79 Å². The Labute approximate surface area is 155 Å². The van der Waals surface area contributed by atoms with E-state index in [1.807, 2.05) is 23.1 Å². The highest BCUT2D eigenvalue weighted by Gasteiger charge is 2.38. The number of nitrogens with zero attached hydrogens (tertiary/aromatic N) is 1. The van der Waals surface area contributed by atoms with Crippen LogP contribution in [0.5, 0.6) is 11.5 Å². The molecule has 1 aromatic carbocycles. The second-order valence-electron chi connectivity index (χ2n) is 7.83. The molecule has 26 heavy (non-hydrogen) atoms. The third-order valence-corrected chi connectivity index (χ3v) is 6.36. The van der Waals surface area contributed by atoms with Crippen LogP contribution in [0.25, 0.3) is 0 Å². The van der Waals surface area contributed by atoms with Crippen molar-refractivity contribution in [1.82, 2.24) is 4.90 Å². The van der Waals surface area contributed by atoms with Crippen molar-refractivity contribution < 1.29 is 19.2 Å². The van der Waals surface area contributed by atoms with E-state index < -0.39 is 0 Å². The minimum atomic E-state index is 0.0441. The molecule has 2 bridgehead atoms. The SMILES string of the molecule is COc1cccc(C(=O)N2CC[NH+](C[C@H]3C[C@@H]4C=C[C@H]3C4)CC2)c1OC. The number of benzene rings is 1. The Hall–Kier alpha value is -2.01. The number of methoxy groups -OCH3 is 2. The second kappa shape index (κ2) is 7.31. The smallest absolute Gasteiger partial charge is 0.258 e. The number of quaternary nitrogens is 1. The fraction of sp³-hybridized carbons (Fsp3) is 0.571. The molecule has 1 aliphatic heterocycles. The van der Waals surface area contributed by atoms with Crippen LogP contribution in [0.1, 0.15) is 23.2 Å². The van der Waals surface area contributed by atoms with Gasteiger partial charge in [0.15, 0.2) is 11.5 Å². The monoisotopic (exact) mass is 357 g/mol. The third kappa shape index (κ3) is 3.20. The molecule has 3 atom stereocenters. The first-order chi connectivity index (χ1) is 12.7. The second-order valence-corrected chi connectivity index (χ2v) is 7.83. The average molecular weight is 357 g/mol. The van der Waals surface area contributed by atoms with E-state index in [1.54, 1.807) is 19.1 Å². The standard InChI is InChI=1S/C21H28N2O3/c1-25-19-5-3-4-18(20(19)26-2)21(24)23-10-8-22(9-11-23)14-17-13-15-6-7-16(17)12-15/h3-7,15-17H,8-14H2,1-2H3/p+1/t15-,16+,17-/m1/s1. The number of hydrogen-bond donors (Lipinski definition) is 1. The fourth-order valence-electron chi connectivity index (χ4n) is 4.96. The summed E-state index contributed by atoms with van der Waals surface area (Å²) in [5.41, 5.74) is 0.591. The summed E-state index contributed by atoms with van der Waals surface area (Å²) in [4.78, 5) is 16.6. The maximum atomic E-state index is 13.0. The van der Waals surface area contributed by atoms with E-state index in [4.69, 9.17) is 9.47 Å². The lowest BCUT2D eigenvalue weighted by molar-refractivity contribution is -0.907. The van der Waals surface area contributed by atoms with Gasteiger partial charge in [0.25, 0.3) is 5.91 Å². The first-order valence-electron chi connectivity index (χ1n) is 9.71. The minimum Gasteiger partial charge on any atom is -0.493 e. The Morgan fingerprint density at radius 2 is 1.96 bits per heavy atom. The van der Waals surface area contributed by atoms with E-state index >= 15 is 0 Å². The van der Waals surface area contributed by atoms with Crippen LogP contribution >= 0.6 is 0 Å². The Balaban J connectivity index is 1.36. The van der Waals surface area contributed by atoms with Crippen LogP contribution in [0.15, 0.2) is 30.4 Å². The number of carbonyl (C=O) groups is 1. The van der Waals surface area contributed by atoms with Crippen molar-refractivity contribution in [3.8, 4) is 11.5 Å². The topological polar surface area (TPSA) is 43.2 Å². The van der Waals surface area contributed by atoms with Crippen LogP contribution in [0, 0.1) is 17.8 Å². The van der Waals surface area contributed by atoms with Gasteiger partial charge in [-0.15, -0.1) is 0 Å². The number of piperazine rings is 1. The number of ether oxygens (including phenoxy) is 2. The quantitative estimate of drug-likeness (QED) is 0.807. The number of fused-ring (bicyclic) bond motifs is 2. The molecule has 2 aliphatic carbocycles. The summed E-state index contributed by atoms with van der Waals surface area (Å²) in [6, 6.07) is 5.49. The van der Waals surface area contributed by atoms with Gasteiger partial charge in [-0.25, -0.2) is 0 Å². The van der Waals surface area contributed by atoms with Gasteiger partial charge in [0.05, 0.1) is 52.5 Å². The zero-order valence-electron chi connectivity index (χ0n) is 15.7. The summed E-state index contributed by atoms with van der Waals surface area (Å²) in [6.45, 7) is 4.96. The molecule has 0 aromatic heterocycles. The Kier molecular flexibility index (Phi) is 4.90. The summed E-state index contributed by atoms with van der Waals surface area (Å²) in [6.07, 6.45) is 7.59. The molecule has 1 saturated carbocycles. The summed E-state index contributed by atoms with van der Waals surface area (Å²) in [5, 5.41) is 0. The molecule has 2 fully saturated rings. The molecule has 5 nitrogen and oxygen atoms in total. The number of nitrogens with one attached hydrogen (secondary N) is 1. The van der Waals surface area contributed by atoms with E-state index in [-0.39, 0.29) is 5.91 Å². The highest BCUT2D eigenvalue weighted by atomic mass is 16.5. The molecule has 1 N–H and O–H groups in total. The van der Waals surface area contributed by atoms with Crippen molar-refractivity contribution in [1.29, 1.82) is 0 Å². The molecule has 1 amide bonds. The van der Waals surface area contributed by atoms with Crippen molar-refractivity contribution in [2.24, 2.45) is 17.8 Å². The van der Waals surface area contributed by atoms with Crippen LogP contribution in [0.2, 0.25) is 0 Å². The molecule has 4 rings (SSSR count). The zero-order chi connectivity index (χ0) is 18.1. The normalized spacial score (nSPS) is 27.8. The summed E-state index contributed by atoms with van der Waals surface area (Å²) in [5.74, 6) is 3.68. The van der Waals surface area contributed by atoms with Gasteiger partial charge in [-0.05, 0) is 36.8 Å². The maximum Gasteiger partial charge on any atom is 0.258 e. The van der Waals surface area contributed by atoms with Crippen molar-refractivity contribution in [2.45, 2.75) is 12.8 Å². The van der Waals surface area contributed by atoms with E-state index in [1.165, 1.54) is 19.4 Å². The predicted octanol–water partition coefficient (Wildman–Crippen LogP) is 1.26. The first-order valence-corrected chi connectivity index (χ1v) is 9.71. The predicted molar refractivity (Wildman–Crippen MR) is 99.9 cm³/mol. The molecular formula is C21H29N2O3+. The molecular weight excluding hydrogens is 328 g/mol. The van der Waals surface area contributed by atoms with Gasteiger partial charge in [0.1, 0.15) is 0 Å². The molecule has 5 heteroatoms. The Morgan fingerprint density at radius 1 is 1.15 bits per heavy atom. The highest BCUT2D eigenvalue weighted by Crippen LogP contribution is 2.42. The van der Waals surface area contributed by atoms with Crippen LogP contribution in [0.4, 0.5) is 0 Å². The zero-order valence-corrected chi connectivity index (χ0v) is 15.7. The van der Waals surface area contributed by atoms with Crippen LogP contribution in [0.3, 0.4) is 0 Å². The molecule has 0 radical (unpaired) electrons. The lowest BCUT2D eigenvalue weighted by atomic mass is 9.93. The van der Waals surface area contributed by atoms with Crippen LogP contribution < -0.4 is 14.4 Å². The Bertz CT molecular complexity index is 694. The van der Waals surface area contributed by atoms with Crippen LogP contribution in [-0.2, 0) is 0 Å². The number of carbonyl (C=O) groups excluding carboxylic acids is 1. The molecule has 1 saturated heterocycles. The summed E-state index contributed by atoms with van der Waals surface area (Å²) in [7, 11) is 3.18. The van der Waals surface area contributed by atoms with Gasteiger partial charge in [-0.2, -0.15) is 0 Å². The van der Waals surface area contributed by atoms with Crippen molar-refractivity contribution >= 4 is 5.91 Å². The van der Waals surface area contributed by atoms with E-state index in [0.29, 0.717) is 17.1 Å². The molecule has 140 valence electrons. The largest absolute Gasteiger partial charge is 0.493 e. The van der Waals surface area contributed by atoms with Gasteiger partial charge in [-0.1, -0.05) is 18.2 Å². The van der Waals surface area contributed by atoms with Gasteiger partial charge >= 0.3 is 0 Å².